The predicted octanol–water partition coefficient (Wildman–Crippen LogP) is 1.77. The zero-order valence-electron chi connectivity index (χ0n) is 9.52. The van der Waals surface area contributed by atoms with Crippen molar-refractivity contribution in [1.29, 1.82) is 0 Å². The molecule has 0 unspecified atom stereocenters. The summed E-state index contributed by atoms with van der Waals surface area (Å²) in [5, 5.41) is 10.8. The van der Waals surface area contributed by atoms with Crippen LogP contribution < -0.4 is 0 Å². The van der Waals surface area contributed by atoms with Crippen LogP contribution in [0.1, 0.15) is 30.0 Å². The minimum atomic E-state index is -0.551. The largest absolute Gasteiger partial charge is 0.464 e. The van der Waals surface area contributed by atoms with Crippen molar-refractivity contribution in [3.8, 4) is 0 Å². The van der Waals surface area contributed by atoms with Crippen LogP contribution >= 0.6 is 0 Å². The van der Waals surface area contributed by atoms with Gasteiger partial charge in [-0.15, -0.1) is 0 Å². The Morgan fingerprint density at radius 1 is 1.56 bits per heavy atom. The summed E-state index contributed by atoms with van der Waals surface area (Å²) in [5.74, 6) is -0.551. The van der Waals surface area contributed by atoms with Gasteiger partial charge in [-0.1, -0.05) is 6.92 Å². The number of hydrogen-bond donors (Lipinski definition) is 0. The van der Waals surface area contributed by atoms with Gasteiger partial charge in [-0.25, -0.2) is 4.79 Å². The first-order chi connectivity index (χ1) is 7.56. The van der Waals surface area contributed by atoms with Crippen LogP contribution in [0.4, 0.5) is 5.69 Å². The third-order valence-corrected chi connectivity index (χ3v) is 2.43. The van der Waals surface area contributed by atoms with Crippen LogP contribution in [-0.2, 0) is 17.7 Å². The van der Waals surface area contributed by atoms with Gasteiger partial charge in [0.2, 0.25) is 0 Å². The van der Waals surface area contributed by atoms with Crippen molar-refractivity contribution in [2.75, 3.05) is 7.11 Å². The maximum atomic E-state index is 11.4. The average Bonchev–Trinajstić information content (AvgIpc) is 2.66. The van der Waals surface area contributed by atoms with Crippen molar-refractivity contribution in [2.45, 2.75) is 26.8 Å². The molecule has 88 valence electrons. The number of methoxy groups -OCH3 is 1. The number of carbonyl (C=O) groups is 1. The van der Waals surface area contributed by atoms with Gasteiger partial charge in [-0.2, -0.15) is 0 Å². The molecule has 0 aliphatic rings. The summed E-state index contributed by atoms with van der Waals surface area (Å²) in [6.07, 6.45) is 0.501. The highest BCUT2D eigenvalue weighted by molar-refractivity contribution is 5.89. The highest BCUT2D eigenvalue weighted by Crippen LogP contribution is 2.24. The van der Waals surface area contributed by atoms with Crippen LogP contribution in [0.2, 0.25) is 0 Å². The Morgan fingerprint density at radius 2 is 2.19 bits per heavy atom. The average molecular weight is 226 g/mol. The van der Waals surface area contributed by atoms with E-state index in [1.807, 2.05) is 13.8 Å². The molecule has 16 heavy (non-hydrogen) atoms. The second kappa shape index (κ2) is 4.78. The van der Waals surface area contributed by atoms with Gasteiger partial charge in [0.05, 0.1) is 17.7 Å². The van der Waals surface area contributed by atoms with Crippen molar-refractivity contribution in [2.24, 2.45) is 0 Å². The summed E-state index contributed by atoms with van der Waals surface area (Å²) in [5.41, 5.74) is 0.756. The zero-order chi connectivity index (χ0) is 12.3. The number of nitro groups is 1. The molecule has 0 amide bonds. The molecule has 6 nitrogen and oxygen atoms in total. The Kier molecular flexibility index (Phi) is 3.65. The monoisotopic (exact) mass is 226 g/mol. The first-order valence-corrected chi connectivity index (χ1v) is 5.01. The van der Waals surface area contributed by atoms with E-state index in [0.717, 1.165) is 0 Å². The molecular formula is C10H14N2O4. The van der Waals surface area contributed by atoms with Crippen molar-refractivity contribution in [1.82, 2.24) is 4.57 Å². The molecule has 1 aromatic heterocycles. The molecule has 0 bridgehead atoms. The van der Waals surface area contributed by atoms with Gasteiger partial charge in [-0.3, -0.25) is 10.1 Å². The smallest absolute Gasteiger partial charge is 0.354 e. The Balaban J connectivity index is 3.40. The normalized spacial score (nSPS) is 10.2. The van der Waals surface area contributed by atoms with Crippen LogP contribution in [0.15, 0.2) is 6.07 Å². The fourth-order valence-corrected chi connectivity index (χ4v) is 1.74. The van der Waals surface area contributed by atoms with Gasteiger partial charge in [0, 0.05) is 12.6 Å². The predicted molar refractivity (Wildman–Crippen MR) is 57.5 cm³/mol. The molecule has 1 rings (SSSR count). The third-order valence-electron chi connectivity index (χ3n) is 2.43. The van der Waals surface area contributed by atoms with E-state index in [4.69, 9.17) is 0 Å². The SMILES string of the molecule is CCc1c([N+](=O)[O-])cc(C(=O)OC)n1CC. The molecule has 1 aromatic rings. The summed E-state index contributed by atoms with van der Waals surface area (Å²) < 4.78 is 6.20. The number of hydrogen-bond acceptors (Lipinski definition) is 4. The Labute approximate surface area is 93.0 Å². The summed E-state index contributed by atoms with van der Waals surface area (Å²) >= 11 is 0. The minimum absolute atomic E-state index is 0.0234. The molecule has 0 fully saturated rings. The van der Waals surface area contributed by atoms with Crippen LogP contribution in [-0.4, -0.2) is 22.6 Å². The Bertz CT molecular complexity index is 423. The number of aromatic nitrogens is 1. The van der Waals surface area contributed by atoms with E-state index >= 15 is 0 Å². The van der Waals surface area contributed by atoms with E-state index in [0.29, 0.717) is 18.7 Å². The Morgan fingerprint density at radius 3 is 2.56 bits per heavy atom. The molecule has 0 spiro atoms. The van der Waals surface area contributed by atoms with Crippen molar-refractivity contribution in [3.63, 3.8) is 0 Å². The minimum Gasteiger partial charge on any atom is -0.464 e. The summed E-state index contributed by atoms with van der Waals surface area (Å²) in [6, 6.07) is 1.27. The first-order valence-electron chi connectivity index (χ1n) is 5.01. The molecule has 0 N–H and O–H groups in total. The lowest BCUT2D eigenvalue weighted by Crippen LogP contribution is -2.11. The first kappa shape index (κ1) is 12.2. The van der Waals surface area contributed by atoms with Crippen molar-refractivity contribution < 1.29 is 14.5 Å². The van der Waals surface area contributed by atoms with Gasteiger partial charge in [0.25, 0.3) is 5.69 Å². The van der Waals surface area contributed by atoms with Crippen molar-refractivity contribution in [3.05, 3.63) is 27.6 Å². The number of carbonyl (C=O) groups excluding carboxylic acids is 1. The lowest BCUT2D eigenvalue weighted by molar-refractivity contribution is -0.385. The second-order valence-corrected chi connectivity index (χ2v) is 3.21. The molecule has 0 aliphatic heterocycles. The fourth-order valence-electron chi connectivity index (χ4n) is 1.74. The van der Waals surface area contributed by atoms with Crippen LogP contribution in [0, 0.1) is 10.1 Å². The van der Waals surface area contributed by atoms with Crippen LogP contribution in [0.5, 0.6) is 0 Å². The lowest BCUT2D eigenvalue weighted by Gasteiger charge is -2.06. The fraction of sp³-hybridized carbons (Fsp3) is 0.500. The molecule has 0 aliphatic carbocycles. The topological polar surface area (TPSA) is 74.4 Å². The van der Waals surface area contributed by atoms with Gasteiger partial charge in [0.15, 0.2) is 0 Å². The van der Waals surface area contributed by atoms with E-state index < -0.39 is 10.9 Å². The molecule has 0 saturated heterocycles. The molecular weight excluding hydrogens is 212 g/mol. The van der Waals surface area contributed by atoms with Crippen LogP contribution in [0.25, 0.3) is 0 Å². The third kappa shape index (κ3) is 1.91. The molecule has 0 radical (unpaired) electrons. The molecule has 0 atom stereocenters. The van der Waals surface area contributed by atoms with Gasteiger partial charge in [0.1, 0.15) is 5.69 Å². The summed E-state index contributed by atoms with van der Waals surface area (Å²) in [4.78, 5) is 21.8. The van der Waals surface area contributed by atoms with E-state index in [1.54, 1.807) is 4.57 Å². The van der Waals surface area contributed by atoms with Gasteiger partial charge < -0.3 is 9.30 Å². The molecule has 6 heteroatoms. The number of esters is 1. The van der Waals surface area contributed by atoms with Gasteiger partial charge in [-0.05, 0) is 13.3 Å². The van der Waals surface area contributed by atoms with E-state index in [1.165, 1.54) is 13.2 Å². The Hall–Kier alpha value is -1.85. The van der Waals surface area contributed by atoms with Crippen LogP contribution in [0.3, 0.4) is 0 Å². The number of rotatable bonds is 4. The second-order valence-electron chi connectivity index (χ2n) is 3.21. The maximum absolute atomic E-state index is 11.4. The standard InChI is InChI=1S/C10H14N2O4/c1-4-7-8(12(14)15)6-9(10(13)16-3)11(7)5-2/h6H,4-5H2,1-3H3. The van der Waals surface area contributed by atoms with E-state index in [-0.39, 0.29) is 11.4 Å². The maximum Gasteiger partial charge on any atom is 0.354 e. The summed E-state index contributed by atoms with van der Waals surface area (Å²) in [6.45, 7) is 4.15. The lowest BCUT2D eigenvalue weighted by atomic mass is 10.3. The summed E-state index contributed by atoms with van der Waals surface area (Å²) in [7, 11) is 1.26. The van der Waals surface area contributed by atoms with Gasteiger partial charge >= 0.3 is 5.97 Å². The molecule has 0 aromatic carbocycles. The molecule has 1 heterocycles. The number of ether oxygens (including phenoxy) is 1. The highest BCUT2D eigenvalue weighted by Gasteiger charge is 2.25. The van der Waals surface area contributed by atoms with E-state index in [2.05, 4.69) is 4.74 Å². The molecule has 0 saturated carbocycles. The van der Waals surface area contributed by atoms with E-state index in [9.17, 15) is 14.9 Å². The highest BCUT2D eigenvalue weighted by atomic mass is 16.6. The quantitative estimate of drug-likeness (QED) is 0.445. The zero-order valence-corrected chi connectivity index (χ0v) is 9.52. The number of nitrogens with zero attached hydrogens (tertiary/aromatic N) is 2. The van der Waals surface area contributed by atoms with Crippen molar-refractivity contribution >= 4 is 11.7 Å².